The molecule has 0 unspecified atom stereocenters. The molecule has 18 heavy (non-hydrogen) atoms. The predicted octanol–water partition coefficient (Wildman–Crippen LogP) is 4.80. The first kappa shape index (κ1) is 12.9. The molecule has 0 aliphatic carbocycles. The van der Waals surface area contributed by atoms with E-state index in [4.69, 9.17) is 4.74 Å². The van der Waals surface area contributed by atoms with Crippen LogP contribution in [-0.4, -0.2) is 0 Å². The lowest BCUT2D eigenvalue weighted by Crippen LogP contribution is -1.95. The monoisotopic (exact) mass is 302 g/mol. The number of alkyl halides is 1. The van der Waals surface area contributed by atoms with Gasteiger partial charge in [-0.1, -0.05) is 65.0 Å². The molecule has 0 heterocycles. The first-order valence-electron chi connectivity index (χ1n) is 5.81. The Kier molecular flexibility index (Phi) is 4.59. The average Bonchev–Trinajstić information content (AvgIpc) is 2.46. The minimum absolute atomic E-state index is 0.588. The number of rotatable bonds is 5. The van der Waals surface area contributed by atoms with Crippen LogP contribution < -0.4 is 4.74 Å². The molecule has 2 rings (SSSR count). The second kappa shape index (κ2) is 6.41. The molecule has 0 saturated heterocycles. The molecule has 2 heteroatoms. The minimum atomic E-state index is 0.588. The summed E-state index contributed by atoms with van der Waals surface area (Å²) < 4.78 is 5.72. The summed E-state index contributed by atoms with van der Waals surface area (Å²) in [5.74, 6) is 0.896. The molecule has 0 aliphatic heterocycles. The smallest absolute Gasteiger partial charge is 0.119 e. The zero-order valence-corrected chi connectivity index (χ0v) is 11.7. The molecule has 2 aromatic rings. The quantitative estimate of drug-likeness (QED) is 0.721. The van der Waals surface area contributed by atoms with Gasteiger partial charge in [-0.15, -0.1) is 0 Å². The molecule has 0 N–H and O–H groups in total. The summed E-state index contributed by atoms with van der Waals surface area (Å²) in [5, 5.41) is 0.871. The van der Waals surface area contributed by atoms with Crippen LogP contribution in [-0.2, 0) is 11.9 Å². The topological polar surface area (TPSA) is 9.23 Å². The van der Waals surface area contributed by atoms with Gasteiger partial charge in [-0.25, -0.2) is 0 Å². The van der Waals surface area contributed by atoms with Crippen molar-refractivity contribution in [2.75, 3.05) is 0 Å². The molecule has 0 saturated carbocycles. The van der Waals surface area contributed by atoms with Gasteiger partial charge < -0.3 is 4.74 Å². The number of benzene rings is 2. The third-order valence-electron chi connectivity index (χ3n) is 2.70. The van der Waals surface area contributed by atoms with Crippen molar-refractivity contribution < 1.29 is 4.74 Å². The van der Waals surface area contributed by atoms with Crippen molar-refractivity contribution in [3.8, 4) is 5.75 Å². The van der Waals surface area contributed by atoms with E-state index in [1.54, 1.807) is 0 Å². The fraction of sp³-hybridized carbons (Fsp3) is 0.125. The molecule has 2 aromatic carbocycles. The van der Waals surface area contributed by atoms with Gasteiger partial charge in [-0.3, -0.25) is 0 Å². The van der Waals surface area contributed by atoms with Crippen LogP contribution in [0, 0.1) is 0 Å². The van der Waals surface area contributed by atoms with Crippen LogP contribution in [0.4, 0.5) is 0 Å². The molecule has 0 fully saturated rings. The third kappa shape index (κ3) is 3.47. The lowest BCUT2D eigenvalue weighted by atomic mass is 10.1. The molecule has 0 amide bonds. The van der Waals surface area contributed by atoms with Gasteiger partial charge in [0.05, 0.1) is 0 Å². The summed E-state index contributed by atoms with van der Waals surface area (Å²) in [6, 6.07) is 16.3. The predicted molar refractivity (Wildman–Crippen MR) is 79.9 cm³/mol. The Labute approximate surface area is 116 Å². The third-order valence-corrected chi connectivity index (χ3v) is 3.35. The molecule has 92 valence electrons. The van der Waals surface area contributed by atoms with Crippen LogP contribution in [0.3, 0.4) is 0 Å². The summed E-state index contributed by atoms with van der Waals surface area (Å²) >= 11 is 3.42. The van der Waals surface area contributed by atoms with Crippen molar-refractivity contribution in [1.82, 2.24) is 0 Å². The summed E-state index contributed by atoms with van der Waals surface area (Å²) in [7, 11) is 0. The van der Waals surface area contributed by atoms with Gasteiger partial charge in [-0.2, -0.15) is 0 Å². The first-order chi connectivity index (χ1) is 8.81. The molecule has 0 radical (unpaired) electrons. The van der Waals surface area contributed by atoms with Crippen molar-refractivity contribution >= 4 is 22.0 Å². The van der Waals surface area contributed by atoms with E-state index in [9.17, 15) is 0 Å². The van der Waals surface area contributed by atoms with E-state index in [1.165, 1.54) is 5.56 Å². The summed E-state index contributed by atoms with van der Waals surface area (Å²) in [6.45, 7) is 4.32. The van der Waals surface area contributed by atoms with Crippen molar-refractivity contribution in [3.63, 3.8) is 0 Å². The van der Waals surface area contributed by atoms with Crippen LogP contribution in [0.2, 0.25) is 0 Å². The Hall–Kier alpha value is -1.54. The lowest BCUT2D eigenvalue weighted by molar-refractivity contribution is 0.306. The van der Waals surface area contributed by atoms with Gasteiger partial charge in [0.25, 0.3) is 0 Å². The van der Waals surface area contributed by atoms with E-state index in [0.717, 1.165) is 22.2 Å². The zero-order chi connectivity index (χ0) is 12.8. The first-order valence-corrected chi connectivity index (χ1v) is 6.93. The highest BCUT2D eigenvalue weighted by Gasteiger charge is 1.97. The number of halogens is 1. The van der Waals surface area contributed by atoms with Crippen molar-refractivity contribution in [2.45, 2.75) is 11.9 Å². The average molecular weight is 303 g/mol. The maximum atomic E-state index is 5.72. The van der Waals surface area contributed by atoms with Crippen LogP contribution in [0.25, 0.3) is 6.08 Å². The van der Waals surface area contributed by atoms with Gasteiger partial charge in [0.2, 0.25) is 0 Å². The number of hydrogen-bond donors (Lipinski definition) is 0. The highest BCUT2D eigenvalue weighted by Crippen LogP contribution is 2.16. The molecular formula is C16H15BrO. The van der Waals surface area contributed by atoms with Gasteiger partial charge in [0, 0.05) is 5.33 Å². The standard InChI is InChI=1S/C16H15BrO/c1-2-13-3-5-15(6-4-13)12-18-16-9-7-14(11-17)8-10-16/h2-10H,1,11-12H2. The SMILES string of the molecule is C=Cc1ccc(COc2ccc(CBr)cc2)cc1. The molecule has 0 aliphatic rings. The van der Waals surface area contributed by atoms with Gasteiger partial charge in [0.1, 0.15) is 12.4 Å². The molecule has 0 aromatic heterocycles. The highest BCUT2D eigenvalue weighted by molar-refractivity contribution is 9.08. The Morgan fingerprint density at radius 1 is 0.944 bits per heavy atom. The fourth-order valence-electron chi connectivity index (χ4n) is 1.59. The zero-order valence-electron chi connectivity index (χ0n) is 10.1. The van der Waals surface area contributed by atoms with Crippen LogP contribution in [0.5, 0.6) is 5.75 Å². The second-order valence-electron chi connectivity index (χ2n) is 4.01. The Morgan fingerprint density at radius 3 is 2.11 bits per heavy atom. The van der Waals surface area contributed by atoms with E-state index in [-0.39, 0.29) is 0 Å². The van der Waals surface area contributed by atoms with Crippen molar-refractivity contribution in [2.24, 2.45) is 0 Å². The fourth-order valence-corrected chi connectivity index (χ4v) is 1.97. The Morgan fingerprint density at radius 2 is 1.56 bits per heavy atom. The normalized spacial score (nSPS) is 10.1. The van der Waals surface area contributed by atoms with E-state index in [0.29, 0.717) is 6.61 Å². The maximum Gasteiger partial charge on any atom is 0.119 e. The Balaban J connectivity index is 1.95. The molecule has 0 spiro atoms. The lowest BCUT2D eigenvalue weighted by Gasteiger charge is -2.07. The second-order valence-corrected chi connectivity index (χ2v) is 4.57. The molecule has 0 bridgehead atoms. The maximum absolute atomic E-state index is 5.72. The minimum Gasteiger partial charge on any atom is -0.489 e. The Bertz CT molecular complexity index is 500. The van der Waals surface area contributed by atoms with Crippen LogP contribution in [0.15, 0.2) is 55.1 Å². The largest absolute Gasteiger partial charge is 0.489 e. The number of ether oxygens (including phenoxy) is 1. The van der Waals surface area contributed by atoms with Crippen LogP contribution in [0.1, 0.15) is 16.7 Å². The van der Waals surface area contributed by atoms with E-state index < -0.39 is 0 Å². The van der Waals surface area contributed by atoms with Crippen molar-refractivity contribution in [1.29, 1.82) is 0 Å². The van der Waals surface area contributed by atoms with Crippen molar-refractivity contribution in [3.05, 3.63) is 71.8 Å². The summed E-state index contributed by atoms with van der Waals surface area (Å²) in [6.07, 6.45) is 1.84. The van der Waals surface area contributed by atoms with E-state index in [2.05, 4.69) is 46.8 Å². The van der Waals surface area contributed by atoms with Gasteiger partial charge >= 0.3 is 0 Å². The molecular weight excluding hydrogens is 288 g/mol. The van der Waals surface area contributed by atoms with Gasteiger partial charge in [-0.05, 0) is 28.8 Å². The van der Waals surface area contributed by atoms with Crippen LogP contribution >= 0.6 is 15.9 Å². The number of hydrogen-bond acceptors (Lipinski definition) is 1. The molecule has 1 nitrogen and oxygen atoms in total. The summed E-state index contributed by atoms with van der Waals surface area (Å²) in [4.78, 5) is 0. The van der Waals surface area contributed by atoms with Gasteiger partial charge in [0.15, 0.2) is 0 Å². The van der Waals surface area contributed by atoms with E-state index >= 15 is 0 Å². The van der Waals surface area contributed by atoms with E-state index in [1.807, 2.05) is 30.3 Å². The molecule has 0 atom stereocenters. The summed E-state index contributed by atoms with van der Waals surface area (Å²) in [5.41, 5.74) is 3.53. The highest BCUT2D eigenvalue weighted by atomic mass is 79.9.